The lowest BCUT2D eigenvalue weighted by Crippen LogP contribution is -2.29. The summed E-state index contributed by atoms with van der Waals surface area (Å²) in [6.07, 6.45) is 0. The number of hydrogen-bond donors (Lipinski definition) is 0. The van der Waals surface area contributed by atoms with E-state index >= 15 is 0 Å². The summed E-state index contributed by atoms with van der Waals surface area (Å²) in [5.74, 6) is 1.74. The quantitative estimate of drug-likeness (QED) is 0.689. The van der Waals surface area contributed by atoms with Gasteiger partial charge in [-0.1, -0.05) is 22.9 Å². The molecule has 1 aromatic rings. The van der Waals surface area contributed by atoms with Crippen molar-refractivity contribution in [2.24, 2.45) is 0 Å². The van der Waals surface area contributed by atoms with Crippen LogP contribution in [0.15, 0.2) is 24.3 Å². The summed E-state index contributed by atoms with van der Waals surface area (Å²) >= 11 is 3.45. The van der Waals surface area contributed by atoms with E-state index in [0.717, 1.165) is 36.5 Å². The molecule has 0 heterocycles. The molecular formula is C13H20BrNO2. The van der Waals surface area contributed by atoms with E-state index in [1.165, 1.54) is 0 Å². The third-order valence-electron chi connectivity index (χ3n) is 2.58. The Morgan fingerprint density at radius 1 is 1.12 bits per heavy atom. The molecule has 0 atom stereocenters. The second-order valence-corrected chi connectivity index (χ2v) is 4.44. The van der Waals surface area contributed by atoms with Gasteiger partial charge in [-0.05, 0) is 30.8 Å². The maximum atomic E-state index is 5.67. The van der Waals surface area contributed by atoms with Crippen LogP contribution < -0.4 is 9.47 Å². The molecule has 0 spiro atoms. The van der Waals surface area contributed by atoms with Gasteiger partial charge in [0, 0.05) is 18.4 Å². The normalized spacial score (nSPS) is 10.6. The Hall–Kier alpha value is -0.740. The zero-order valence-electron chi connectivity index (χ0n) is 10.5. The fourth-order valence-electron chi connectivity index (χ4n) is 1.51. The minimum absolute atomic E-state index is 0.715. The maximum absolute atomic E-state index is 5.67. The van der Waals surface area contributed by atoms with Crippen LogP contribution in [0.1, 0.15) is 6.92 Å². The second kappa shape index (κ2) is 8.37. The molecule has 0 unspecified atom stereocenters. The first kappa shape index (κ1) is 14.3. The molecule has 0 saturated carbocycles. The number of halogens is 1. The fourth-order valence-corrected chi connectivity index (χ4v) is 2.01. The van der Waals surface area contributed by atoms with E-state index in [-0.39, 0.29) is 0 Å². The van der Waals surface area contributed by atoms with Crippen LogP contribution in [0.4, 0.5) is 0 Å². The van der Waals surface area contributed by atoms with Crippen molar-refractivity contribution in [1.82, 2.24) is 4.90 Å². The molecule has 0 N–H and O–H groups in total. The van der Waals surface area contributed by atoms with Crippen LogP contribution >= 0.6 is 15.9 Å². The fraction of sp³-hybridized carbons (Fsp3) is 0.538. The Balaban J connectivity index is 2.29. The first-order valence-corrected chi connectivity index (χ1v) is 6.97. The van der Waals surface area contributed by atoms with Crippen LogP contribution in [0.25, 0.3) is 0 Å². The van der Waals surface area contributed by atoms with Crippen LogP contribution in [0, 0.1) is 0 Å². The van der Waals surface area contributed by atoms with Crippen LogP contribution in [-0.2, 0) is 0 Å². The third-order valence-corrected chi connectivity index (χ3v) is 2.94. The number of nitrogens with zero attached hydrogens (tertiary/aromatic N) is 1. The van der Waals surface area contributed by atoms with Crippen molar-refractivity contribution in [2.75, 3.05) is 38.7 Å². The molecule has 0 aliphatic rings. The van der Waals surface area contributed by atoms with E-state index < -0.39 is 0 Å². The van der Waals surface area contributed by atoms with Gasteiger partial charge in [0.15, 0.2) is 0 Å². The van der Waals surface area contributed by atoms with E-state index in [1.807, 2.05) is 24.3 Å². The van der Waals surface area contributed by atoms with Gasteiger partial charge in [0.1, 0.15) is 18.1 Å². The molecule has 1 rings (SSSR count). The Labute approximate surface area is 112 Å². The second-order valence-electron chi connectivity index (χ2n) is 3.65. The minimum atomic E-state index is 0.715. The predicted octanol–water partition coefficient (Wildman–Crippen LogP) is 2.79. The zero-order valence-corrected chi connectivity index (χ0v) is 12.1. The lowest BCUT2D eigenvalue weighted by atomic mass is 10.3. The molecule has 0 saturated heterocycles. The molecule has 0 aromatic heterocycles. The SMILES string of the molecule is CCN(CCBr)CCOc1ccc(OC)cc1. The van der Waals surface area contributed by atoms with Gasteiger partial charge in [0.25, 0.3) is 0 Å². The summed E-state index contributed by atoms with van der Waals surface area (Å²) in [6.45, 7) is 5.94. The van der Waals surface area contributed by atoms with Gasteiger partial charge < -0.3 is 9.47 Å². The summed E-state index contributed by atoms with van der Waals surface area (Å²) in [5, 5.41) is 1.00. The van der Waals surface area contributed by atoms with E-state index in [2.05, 4.69) is 27.8 Å². The molecule has 0 fully saturated rings. The van der Waals surface area contributed by atoms with E-state index in [4.69, 9.17) is 9.47 Å². The van der Waals surface area contributed by atoms with Crippen molar-refractivity contribution in [3.05, 3.63) is 24.3 Å². The highest BCUT2D eigenvalue weighted by Crippen LogP contribution is 2.16. The van der Waals surface area contributed by atoms with Gasteiger partial charge in [0.05, 0.1) is 7.11 Å². The molecule has 4 heteroatoms. The van der Waals surface area contributed by atoms with Gasteiger partial charge in [-0.15, -0.1) is 0 Å². The van der Waals surface area contributed by atoms with Crippen molar-refractivity contribution >= 4 is 15.9 Å². The monoisotopic (exact) mass is 301 g/mol. The average molecular weight is 302 g/mol. The maximum Gasteiger partial charge on any atom is 0.119 e. The Morgan fingerprint density at radius 3 is 2.29 bits per heavy atom. The van der Waals surface area contributed by atoms with Crippen molar-refractivity contribution in [2.45, 2.75) is 6.92 Å². The van der Waals surface area contributed by atoms with Crippen molar-refractivity contribution in [3.63, 3.8) is 0 Å². The Morgan fingerprint density at radius 2 is 1.76 bits per heavy atom. The smallest absolute Gasteiger partial charge is 0.119 e. The van der Waals surface area contributed by atoms with Crippen LogP contribution in [0.2, 0.25) is 0 Å². The molecular weight excluding hydrogens is 282 g/mol. The number of hydrogen-bond acceptors (Lipinski definition) is 3. The summed E-state index contributed by atoms with van der Waals surface area (Å²) in [6, 6.07) is 7.68. The van der Waals surface area contributed by atoms with Gasteiger partial charge in [-0.3, -0.25) is 4.90 Å². The summed E-state index contributed by atoms with van der Waals surface area (Å²) in [7, 11) is 1.66. The molecule has 0 bridgehead atoms. The van der Waals surface area contributed by atoms with E-state index in [1.54, 1.807) is 7.11 Å². The highest BCUT2D eigenvalue weighted by molar-refractivity contribution is 9.09. The Kier molecular flexibility index (Phi) is 7.05. The molecule has 96 valence electrons. The van der Waals surface area contributed by atoms with Crippen LogP contribution in [-0.4, -0.2) is 43.6 Å². The predicted molar refractivity (Wildman–Crippen MR) is 74.4 cm³/mol. The van der Waals surface area contributed by atoms with E-state index in [0.29, 0.717) is 6.61 Å². The lowest BCUT2D eigenvalue weighted by Gasteiger charge is -2.19. The van der Waals surface area contributed by atoms with Gasteiger partial charge in [0.2, 0.25) is 0 Å². The largest absolute Gasteiger partial charge is 0.497 e. The number of alkyl halides is 1. The highest BCUT2D eigenvalue weighted by atomic mass is 79.9. The molecule has 17 heavy (non-hydrogen) atoms. The first-order chi connectivity index (χ1) is 8.30. The first-order valence-electron chi connectivity index (χ1n) is 5.85. The average Bonchev–Trinajstić information content (AvgIpc) is 2.38. The van der Waals surface area contributed by atoms with Gasteiger partial charge in [-0.2, -0.15) is 0 Å². The Bertz CT molecular complexity index is 303. The highest BCUT2D eigenvalue weighted by Gasteiger charge is 2.01. The van der Waals surface area contributed by atoms with Gasteiger partial charge >= 0.3 is 0 Å². The lowest BCUT2D eigenvalue weighted by molar-refractivity contribution is 0.224. The van der Waals surface area contributed by atoms with Crippen LogP contribution in [0.5, 0.6) is 11.5 Å². The minimum Gasteiger partial charge on any atom is -0.497 e. The topological polar surface area (TPSA) is 21.7 Å². The molecule has 0 aliphatic heterocycles. The number of rotatable bonds is 8. The van der Waals surface area contributed by atoms with E-state index in [9.17, 15) is 0 Å². The number of methoxy groups -OCH3 is 1. The van der Waals surface area contributed by atoms with Crippen molar-refractivity contribution in [3.8, 4) is 11.5 Å². The molecule has 0 aliphatic carbocycles. The number of benzene rings is 1. The third kappa shape index (κ3) is 5.41. The molecule has 1 aromatic carbocycles. The zero-order chi connectivity index (χ0) is 12.5. The molecule has 0 amide bonds. The number of ether oxygens (including phenoxy) is 2. The van der Waals surface area contributed by atoms with Crippen molar-refractivity contribution < 1.29 is 9.47 Å². The van der Waals surface area contributed by atoms with Gasteiger partial charge in [-0.25, -0.2) is 0 Å². The summed E-state index contributed by atoms with van der Waals surface area (Å²) < 4.78 is 10.8. The molecule has 0 radical (unpaired) electrons. The summed E-state index contributed by atoms with van der Waals surface area (Å²) in [4.78, 5) is 2.35. The molecule has 3 nitrogen and oxygen atoms in total. The number of likely N-dealkylation sites (N-methyl/N-ethyl adjacent to an activating group) is 1. The summed E-state index contributed by atoms with van der Waals surface area (Å²) in [5.41, 5.74) is 0. The van der Waals surface area contributed by atoms with Crippen molar-refractivity contribution in [1.29, 1.82) is 0 Å². The standard InChI is InChI=1S/C13H20BrNO2/c1-3-15(9-8-14)10-11-17-13-6-4-12(16-2)5-7-13/h4-7H,3,8-11H2,1-2H3. The van der Waals surface area contributed by atoms with Crippen LogP contribution in [0.3, 0.4) is 0 Å².